The van der Waals surface area contributed by atoms with Gasteiger partial charge >= 0.3 is 6.09 Å². The van der Waals surface area contributed by atoms with Crippen molar-refractivity contribution in [3.63, 3.8) is 0 Å². The van der Waals surface area contributed by atoms with Gasteiger partial charge in [0.2, 0.25) is 0 Å². The van der Waals surface area contributed by atoms with Gasteiger partial charge in [-0.05, 0) is 55.1 Å². The van der Waals surface area contributed by atoms with Crippen LogP contribution in [0.5, 0.6) is 5.75 Å². The van der Waals surface area contributed by atoms with Crippen molar-refractivity contribution in [2.45, 2.75) is 24.8 Å². The molecule has 0 radical (unpaired) electrons. The highest BCUT2D eigenvalue weighted by molar-refractivity contribution is 5.84. The topological polar surface area (TPSA) is 59.6 Å². The lowest BCUT2D eigenvalue weighted by Gasteiger charge is -2.30. The first-order valence-electron chi connectivity index (χ1n) is 8.61. The van der Waals surface area contributed by atoms with E-state index in [9.17, 15) is 4.79 Å². The van der Waals surface area contributed by atoms with Crippen LogP contribution in [0.25, 0.3) is 0 Å². The molecular formula is C20H24N2O3. The monoisotopic (exact) mass is 340 g/mol. The summed E-state index contributed by atoms with van der Waals surface area (Å²) in [6, 6.07) is 17.7. The van der Waals surface area contributed by atoms with Crippen LogP contribution in [0.15, 0.2) is 54.6 Å². The Balaban J connectivity index is 1.48. The SMILES string of the molecule is COc1ccc([C@@H]2CCN[C@H](COC(=O)Nc3ccccc3)C2)cc1. The van der Waals surface area contributed by atoms with E-state index in [2.05, 4.69) is 22.8 Å². The summed E-state index contributed by atoms with van der Waals surface area (Å²) < 4.78 is 10.6. The Bertz CT molecular complexity index is 673. The average Bonchev–Trinajstić information content (AvgIpc) is 2.67. The lowest BCUT2D eigenvalue weighted by molar-refractivity contribution is 0.139. The first-order chi connectivity index (χ1) is 12.2. The summed E-state index contributed by atoms with van der Waals surface area (Å²) >= 11 is 0. The van der Waals surface area contributed by atoms with Gasteiger partial charge < -0.3 is 14.8 Å². The maximum Gasteiger partial charge on any atom is 0.411 e. The Hall–Kier alpha value is -2.53. The lowest BCUT2D eigenvalue weighted by Crippen LogP contribution is -2.41. The van der Waals surface area contributed by atoms with Gasteiger partial charge in [0.1, 0.15) is 12.4 Å². The zero-order valence-electron chi connectivity index (χ0n) is 14.4. The molecule has 0 aromatic heterocycles. The quantitative estimate of drug-likeness (QED) is 0.870. The number of piperidine rings is 1. The van der Waals surface area contributed by atoms with Crippen molar-refractivity contribution in [1.29, 1.82) is 0 Å². The number of nitrogens with one attached hydrogen (secondary N) is 2. The number of hydrogen-bond acceptors (Lipinski definition) is 4. The third-order valence-corrected chi connectivity index (χ3v) is 4.52. The molecule has 0 saturated carbocycles. The van der Waals surface area contributed by atoms with Crippen molar-refractivity contribution >= 4 is 11.8 Å². The van der Waals surface area contributed by atoms with Gasteiger partial charge in [-0.2, -0.15) is 0 Å². The van der Waals surface area contributed by atoms with E-state index in [1.807, 2.05) is 42.5 Å². The van der Waals surface area contributed by atoms with Gasteiger partial charge in [0.05, 0.1) is 7.11 Å². The van der Waals surface area contributed by atoms with Gasteiger partial charge in [-0.3, -0.25) is 5.32 Å². The number of methoxy groups -OCH3 is 1. The van der Waals surface area contributed by atoms with Crippen LogP contribution in [0.4, 0.5) is 10.5 Å². The second kappa shape index (κ2) is 8.53. The van der Waals surface area contributed by atoms with Crippen molar-refractivity contribution in [2.75, 3.05) is 25.6 Å². The summed E-state index contributed by atoms with van der Waals surface area (Å²) in [4.78, 5) is 11.9. The molecule has 1 aliphatic rings. The van der Waals surface area contributed by atoms with Gasteiger partial charge in [0, 0.05) is 11.7 Å². The Labute approximate surface area is 148 Å². The molecule has 5 nitrogen and oxygen atoms in total. The van der Waals surface area contributed by atoms with Crippen LogP contribution >= 0.6 is 0 Å². The van der Waals surface area contributed by atoms with E-state index in [0.717, 1.165) is 30.8 Å². The highest BCUT2D eigenvalue weighted by atomic mass is 16.5. The maximum absolute atomic E-state index is 11.9. The number of anilines is 1. The van der Waals surface area contributed by atoms with Crippen molar-refractivity contribution in [3.8, 4) is 5.75 Å². The number of rotatable bonds is 5. The van der Waals surface area contributed by atoms with Crippen LogP contribution in [-0.4, -0.2) is 32.4 Å². The molecule has 1 heterocycles. The van der Waals surface area contributed by atoms with Gasteiger partial charge in [0.15, 0.2) is 0 Å². The molecular weight excluding hydrogens is 316 g/mol. The number of ether oxygens (including phenoxy) is 2. The van der Waals surface area contributed by atoms with Crippen LogP contribution in [0, 0.1) is 0 Å². The smallest absolute Gasteiger partial charge is 0.411 e. The predicted molar refractivity (Wildman–Crippen MR) is 98.2 cm³/mol. The first kappa shape index (κ1) is 17.3. The number of carbonyl (C=O) groups excluding carboxylic acids is 1. The largest absolute Gasteiger partial charge is 0.497 e. The molecule has 0 aliphatic carbocycles. The molecule has 1 amide bonds. The molecule has 0 unspecified atom stereocenters. The summed E-state index contributed by atoms with van der Waals surface area (Å²) in [5.74, 6) is 1.34. The lowest BCUT2D eigenvalue weighted by atomic mass is 9.86. The summed E-state index contributed by atoms with van der Waals surface area (Å²) in [5, 5.41) is 6.17. The molecule has 2 N–H and O–H groups in total. The number of benzene rings is 2. The van der Waals surface area contributed by atoms with E-state index in [-0.39, 0.29) is 6.04 Å². The molecule has 2 aromatic carbocycles. The Kier molecular flexibility index (Phi) is 5.90. The van der Waals surface area contributed by atoms with Crippen LogP contribution < -0.4 is 15.4 Å². The fraction of sp³-hybridized carbons (Fsp3) is 0.350. The van der Waals surface area contributed by atoms with E-state index < -0.39 is 6.09 Å². The number of amides is 1. The minimum atomic E-state index is -0.417. The average molecular weight is 340 g/mol. The van der Waals surface area contributed by atoms with Gasteiger partial charge in [-0.15, -0.1) is 0 Å². The molecule has 2 aromatic rings. The van der Waals surface area contributed by atoms with Crippen LogP contribution in [0.3, 0.4) is 0 Å². The Morgan fingerprint density at radius 2 is 1.92 bits per heavy atom. The number of hydrogen-bond donors (Lipinski definition) is 2. The minimum Gasteiger partial charge on any atom is -0.497 e. The van der Waals surface area contributed by atoms with E-state index in [1.165, 1.54) is 5.56 Å². The molecule has 0 spiro atoms. The molecule has 0 bridgehead atoms. The summed E-state index contributed by atoms with van der Waals surface area (Å²) in [6.07, 6.45) is 1.61. The first-order valence-corrected chi connectivity index (χ1v) is 8.61. The third-order valence-electron chi connectivity index (χ3n) is 4.52. The van der Waals surface area contributed by atoms with Crippen molar-refractivity contribution in [3.05, 3.63) is 60.2 Å². The highest BCUT2D eigenvalue weighted by Crippen LogP contribution is 2.29. The molecule has 2 atom stereocenters. The summed E-state index contributed by atoms with van der Waals surface area (Å²) in [5.41, 5.74) is 2.04. The molecule has 25 heavy (non-hydrogen) atoms. The molecule has 132 valence electrons. The fourth-order valence-electron chi connectivity index (χ4n) is 3.16. The second-order valence-electron chi connectivity index (χ2n) is 6.23. The predicted octanol–water partition coefficient (Wildman–Crippen LogP) is 3.78. The number of carbonyl (C=O) groups is 1. The highest BCUT2D eigenvalue weighted by Gasteiger charge is 2.23. The number of para-hydroxylation sites is 1. The maximum atomic E-state index is 11.9. The molecule has 1 saturated heterocycles. The van der Waals surface area contributed by atoms with E-state index >= 15 is 0 Å². The molecule has 5 heteroatoms. The van der Waals surface area contributed by atoms with E-state index in [1.54, 1.807) is 7.11 Å². The Morgan fingerprint density at radius 3 is 2.64 bits per heavy atom. The zero-order valence-corrected chi connectivity index (χ0v) is 14.4. The van der Waals surface area contributed by atoms with Crippen molar-refractivity contribution in [2.24, 2.45) is 0 Å². The standard InChI is InChI=1S/C20H24N2O3/c1-24-19-9-7-15(8-10-19)16-11-12-21-18(13-16)14-25-20(23)22-17-5-3-2-4-6-17/h2-10,16,18,21H,11-14H2,1H3,(H,22,23)/t16-,18+/m1/s1. The van der Waals surface area contributed by atoms with Crippen LogP contribution in [0.2, 0.25) is 0 Å². The third kappa shape index (κ3) is 4.97. The molecule has 1 fully saturated rings. The van der Waals surface area contributed by atoms with Gasteiger partial charge in [-0.1, -0.05) is 30.3 Å². The normalized spacial score (nSPS) is 19.9. The minimum absolute atomic E-state index is 0.169. The summed E-state index contributed by atoms with van der Waals surface area (Å²) in [6.45, 7) is 1.29. The second-order valence-corrected chi connectivity index (χ2v) is 6.23. The van der Waals surface area contributed by atoms with Gasteiger partial charge in [0.25, 0.3) is 0 Å². The zero-order chi connectivity index (χ0) is 17.5. The summed E-state index contributed by atoms with van der Waals surface area (Å²) in [7, 11) is 1.67. The molecule has 3 rings (SSSR count). The van der Waals surface area contributed by atoms with Crippen molar-refractivity contribution < 1.29 is 14.3 Å². The van der Waals surface area contributed by atoms with Crippen LogP contribution in [-0.2, 0) is 4.74 Å². The van der Waals surface area contributed by atoms with Crippen LogP contribution in [0.1, 0.15) is 24.3 Å². The Morgan fingerprint density at radius 1 is 1.16 bits per heavy atom. The van der Waals surface area contributed by atoms with Gasteiger partial charge in [-0.25, -0.2) is 4.79 Å². The van der Waals surface area contributed by atoms with Crippen molar-refractivity contribution in [1.82, 2.24) is 5.32 Å². The van der Waals surface area contributed by atoms with E-state index in [0.29, 0.717) is 12.5 Å². The van der Waals surface area contributed by atoms with E-state index in [4.69, 9.17) is 9.47 Å². The fourth-order valence-corrected chi connectivity index (χ4v) is 3.16. The molecule has 1 aliphatic heterocycles.